The Morgan fingerprint density at radius 3 is 2.48 bits per heavy atom. The topological polar surface area (TPSA) is 41.4 Å². The molecule has 0 N–H and O–H groups in total. The first-order valence-corrected chi connectivity index (χ1v) is 11.1. The van der Waals surface area contributed by atoms with Gasteiger partial charge in [-0.2, -0.15) is 5.10 Å². The van der Waals surface area contributed by atoms with E-state index >= 15 is 0 Å². The summed E-state index contributed by atoms with van der Waals surface area (Å²) in [5, 5.41) is 4.49. The molecule has 1 amide bonds. The predicted octanol–water partition coefficient (Wildman–Crippen LogP) is 3.97. The van der Waals surface area contributed by atoms with Crippen LogP contribution in [0.3, 0.4) is 0 Å². The molecule has 0 radical (unpaired) electrons. The lowest BCUT2D eigenvalue weighted by atomic mass is 9.94. The van der Waals surface area contributed by atoms with Crippen molar-refractivity contribution in [2.75, 3.05) is 13.6 Å². The highest BCUT2D eigenvalue weighted by molar-refractivity contribution is 5.82. The molecule has 0 aliphatic carbocycles. The third-order valence-electron chi connectivity index (χ3n) is 6.11. The van der Waals surface area contributed by atoms with E-state index in [1.54, 1.807) is 0 Å². The summed E-state index contributed by atoms with van der Waals surface area (Å²) < 4.78 is 1.93. The molecule has 2 heterocycles. The molecule has 0 unspecified atom stereocenters. The van der Waals surface area contributed by atoms with Crippen molar-refractivity contribution in [1.82, 2.24) is 19.6 Å². The number of fused-ring (bicyclic) bond motifs is 1. The van der Waals surface area contributed by atoms with Gasteiger partial charge in [0.15, 0.2) is 0 Å². The molecule has 4 rings (SSSR count). The fraction of sp³-hybridized carbons (Fsp3) is 0.385. The molecule has 31 heavy (non-hydrogen) atoms. The van der Waals surface area contributed by atoms with Crippen LogP contribution in [0, 0.1) is 5.92 Å². The van der Waals surface area contributed by atoms with Gasteiger partial charge in [-0.05, 0) is 29.0 Å². The first-order chi connectivity index (χ1) is 15.0. The van der Waals surface area contributed by atoms with E-state index in [4.69, 9.17) is 0 Å². The van der Waals surface area contributed by atoms with E-state index < -0.39 is 0 Å². The number of benzene rings is 2. The van der Waals surface area contributed by atoms with E-state index in [-0.39, 0.29) is 17.9 Å². The lowest BCUT2D eigenvalue weighted by Crippen LogP contribution is -2.51. The molecule has 0 bridgehead atoms. The van der Waals surface area contributed by atoms with Crippen LogP contribution in [0.15, 0.2) is 67.0 Å². The quantitative estimate of drug-likeness (QED) is 0.585. The second-order valence-corrected chi connectivity index (χ2v) is 8.90. The Labute approximate surface area is 185 Å². The van der Waals surface area contributed by atoms with Crippen LogP contribution in [-0.4, -0.2) is 45.1 Å². The maximum Gasteiger partial charge on any atom is 0.240 e. The summed E-state index contributed by atoms with van der Waals surface area (Å²) in [5.74, 6) is 0.436. The average Bonchev–Trinajstić information content (AvgIpc) is 3.20. The Kier molecular flexibility index (Phi) is 6.52. The van der Waals surface area contributed by atoms with Crippen molar-refractivity contribution < 1.29 is 4.79 Å². The van der Waals surface area contributed by atoms with Crippen LogP contribution in [0.5, 0.6) is 0 Å². The Morgan fingerprint density at radius 1 is 1.03 bits per heavy atom. The monoisotopic (exact) mass is 416 g/mol. The molecule has 0 spiro atoms. The summed E-state index contributed by atoms with van der Waals surface area (Å²) in [6, 6.07) is 18.8. The van der Waals surface area contributed by atoms with Crippen LogP contribution in [0.1, 0.15) is 36.1 Å². The number of hydrogen-bond donors (Lipinski definition) is 0. The van der Waals surface area contributed by atoms with Crippen LogP contribution in [-0.2, 0) is 30.8 Å². The predicted molar refractivity (Wildman–Crippen MR) is 123 cm³/mol. The largest absolute Gasteiger partial charge is 0.340 e. The number of hydrogen-bond acceptors (Lipinski definition) is 3. The Hall–Kier alpha value is -2.92. The van der Waals surface area contributed by atoms with E-state index in [1.807, 2.05) is 47.2 Å². The zero-order valence-corrected chi connectivity index (χ0v) is 18.7. The van der Waals surface area contributed by atoms with Gasteiger partial charge in [-0.3, -0.25) is 14.4 Å². The highest BCUT2D eigenvalue weighted by Crippen LogP contribution is 2.24. The molecule has 1 aromatic heterocycles. The van der Waals surface area contributed by atoms with Crippen molar-refractivity contribution in [2.45, 2.75) is 45.9 Å². The van der Waals surface area contributed by atoms with E-state index in [2.05, 4.69) is 60.2 Å². The van der Waals surface area contributed by atoms with E-state index in [0.717, 1.165) is 31.6 Å². The minimum atomic E-state index is -0.113. The van der Waals surface area contributed by atoms with Crippen molar-refractivity contribution in [3.05, 3.63) is 89.2 Å². The molecule has 0 saturated heterocycles. The maximum atomic E-state index is 13.5. The molecule has 2 aromatic carbocycles. The highest BCUT2D eigenvalue weighted by atomic mass is 16.2. The normalized spacial score (nSPS) is 15.0. The maximum absolute atomic E-state index is 13.5. The second-order valence-electron chi connectivity index (χ2n) is 8.90. The zero-order valence-electron chi connectivity index (χ0n) is 18.7. The molecule has 3 aromatic rings. The van der Waals surface area contributed by atoms with Crippen LogP contribution in [0.25, 0.3) is 0 Å². The molecule has 5 heteroatoms. The molecule has 5 nitrogen and oxygen atoms in total. The van der Waals surface area contributed by atoms with Crippen LogP contribution in [0.4, 0.5) is 0 Å². The third kappa shape index (κ3) is 5.05. The van der Waals surface area contributed by atoms with E-state index in [0.29, 0.717) is 6.54 Å². The minimum absolute atomic E-state index is 0.113. The van der Waals surface area contributed by atoms with Crippen molar-refractivity contribution in [2.24, 2.45) is 5.92 Å². The van der Waals surface area contributed by atoms with Gasteiger partial charge in [0.25, 0.3) is 0 Å². The number of carbonyl (C=O) groups excluding carboxylic acids is 1. The Morgan fingerprint density at radius 2 is 1.74 bits per heavy atom. The van der Waals surface area contributed by atoms with Crippen LogP contribution >= 0.6 is 0 Å². The highest BCUT2D eigenvalue weighted by Gasteiger charge is 2.33. The van der Waals surface area contributed by atoms with Gasteiger partial charge in [0.2, 0.25) is 5.91 Å². The smallest absolute Gasteiger partial charge is 0.240 e. The van der Waals surface area contributed by atoms with Gasteiger partial charge in [-0.1, -0.05) is 68.4 Å². The Balaban J connectivity index is 1.41. The lowest BCUT2D eigenvalue weighted by Gasteiger charge is -2.38. The summed E-state index contributed by atoms with van der Waals surface area (Å²) in [7, 11) is 1.91. The van der Waals surface area contributed by atoms with Crippen LogP contribution in [0.2, 0.25) is 0 Å². The fourth-order valence-electron chi connectivity index (χ4n) is 4.54. The molecule has 1 aliphatic heterocycles. The number of carbonyl (C=O) groups is 1. The first kappa shape index (κ1) is 21.3. The average molecular weight is 417 g/mol. The van der Waals surface area contributed by atoms with Crippen molar-refractivity contribution in [3.8, 4) is 0 Å². The van der Waals surface area contributed by atoms with E-state index in [9.17, 15) is 4.79 Å². The van der Waals surface area contributed by atoms with E-state index in [1.165, 1.54) is 16.7 Å². The number of amides is 1. The van der Waals surface area contributed by atoms with Gasteiger partial charge in [0.05, 0.1) is 18.8 Å². The van der Waals surface area contributed by atoms with Crippen molar-refractivity contribution in [3.63, 3.8) is 0 Å². The number of aromatic nitrogens is 2. The minimum Gasteiger partial charge on any atom is -0.340 e. The summed E-state index contributed by atoms with van der Waals surface area (Å²) in [6.07, 6.45) is 4.91. The SMILES string of the molecule is CC(C)[C@H](C(=O)N(C)Cc1cnn(Cc2ccccc2)c1)N1CCc2ccccc2C1. The van der Waals surface area contributed by atoms with Gasteiger partial charge in [0.1, 0.15) is 0 Å². The van der Waals surface area contributed by atoms with Crippen LogP contribution < -0.4 is 0 Å². The second kappa shape index (κ2) is 9.48. The molecular weight excluding hydrogens is 384 g/mol. The lowest BCUT2D eigenvalue weighted by molar-refractivity contribution is -0.138. The summed E-state index contributed by atoms with van der Waals surface area (Å²) >= 11 is 0. The van der Waals surface area contributed by atoms with Gasteiger partial charge in [-0.15, -0.1) is 0 Å². The third-order valence-corrected chi connectivity index (χ3v) is 6.11. The standard InChI is InChI=1S/C26H32N4O/c1-20(2)25(29-14-13-23-11-7-8-12-24(23)19-29)26(31)28(3)16-22-15-27-30(18-22)17-21-9-5-4-6-10-21/h4-12,15,18,20,25H,13-14,16-17,19H2,1-3H3/t25-/m1/s1. The van der Waals surface area contributed by atoms with Crippen molar-refractivity contribution in [1.29, 1.82) is 0 Å². The summed E-state index contributed by atoms with van der Waals surface area (Å²) in [6.45, 7) is 7.37. The molecule has 1 aliphatic rings. The molecule has 0 fully saturated rings. The first-order valence-electron chi connectivity index (χ1n) is 11.1. The zero-order chi connectivity index (χ0) is 21.8. The molecule has 0 saturated carbocycles. The fourth-order valence-corrected chi connectivity index (χ4v) is 4.54. The number of nitrogens with zero attached hydrogens (tertiary/aromatic N) is 4. The number of rotatable bonds is 7. The van der Waals surface area contributed by atoms with Gasteiger partial charge in [-0.25, -0.2) is 0 Å². The summed E-state index contributed by atoms with van der Waals surface area (Å²) in [4.78, 5) is 17.7. The van der Waals surface area contributed by atoms with Gasteiger partial charge in [0, 0.05) is 38.4 Å². The molecule has 1 atom stereocenters. The van der Waals surface area contributed by atoms with Crippen molar-refractivity contribution >= 4 is 5.91 Å². The molecule has 162 valence electrons. The Bertz CT molecular complexity index is 1010. The van der Waals surface area contributed by atoms with Gasteiger partial charge < -0.3 is 4.90 Å². The number of likely N-dealkylation sites (N-methyl/N-ethyl adjacent to an activating group) is 1. The molecular formula is C26H32N4O. The van der Waals surface area contributed by atoms with Gasteiger partial charge >= 0.3 is 0 Å². The summed E-state index contributed by atoms with van der Waals surface area (Å²) in [5.41, 5.74) is 5.02.